The zero-order valence-electron chi connectivity index (χ0n) is 13.3. The van der Waals surface area contributed by atoms with Gasteiger partial charge >= 0.3 is 5.97 Å². The molecule has 1 unspecified atom stereocenters. The number of ether oxygens (including phenoxy) is 2. The first-order valence-corrected chi connectivity index (χ1v) is 7.30. The van der Waals surface area contributed by atoms with Crippen LogP contribution in [0.2, 0.25) is 0 Å². The average Bonchev–Trinajstić information content (AvgIpc) is 2.56. The number of aliphatic hydroxyl groups is 1. The Morgan fingerprint density at radius 1 is 1.26 bits per heavy atom. The fraction of sp³-hybridized carbons (Fsp3) is 0.500. The molecule has 0 aliphatic heterocycles. The molecule has 0 saturated heterocycles. The van der Waals surface area contributed by atoms with Gasteiger partial charge in [0.2, 0.25) is 0 Å². The van der Waals surface area contributed by atoms with Crippen LogP contribution in [0.15, 0.2) is 24.3 Å². The number of benzene rings is 1. The molecule has 1 amide bonds. The molecule has 0 heterocycles. The highest BCUT2D eigenvalue weighted by atomic mass is 19.1. The monoisotopic (exact) mass is 327 g/mol. The van der Waals surface area contributed by atoms with Gasteiger partial charge in [0, 0.05) is 18.7 Å². The van der Waals surface area contributed by atoms with Crippen LogP contribution in [-0.2, 0) is 14.3 Å². The Morgan fingerprint density at radius 2 is 1.91 bits per heavy atom. The van der Waals surface area contributed by atoms with Crippen molar-refractivity contribution < 1.29 is 28.6 Å². The highest BCUT2D eigenvalue weighted by Gasteiger charge is 2.22. The van der Waals surface area contributed by atoms with Crippen LogP contribution in [0.25, 0.3) is 0 Å². The van der Waals surface area contributed by atoms with Gasteiger partial charge in [-0.2, -0.15) is 0 Å². The third-order valence-corrected chi connectivity index (χ3v) is 3.22. The summed E-state index contributed by atoms with van der Waals surface area (Å²) in [6.07, 6.45) is 0. The molecule has 0 spiro atoms. The van der Waals surface area contributed by atoms with Crippen LogP contribution < -0.4 is 0 Å². The van der Waals surface area contributed by atoms with Crippen LogP contribution in [0, 0.1) is 11.7 Å². The van der Waals surface area contributed by atoms with Crippen molar-refractivity contribution in [2.45, 2.75) is 6.92 Å². The minimum Gasteiger partial charge on any atom is -0.469 e. The molecule has 7 heteroatoms. The summed E-state index contributed by atoms with van der Waals surface area (Å²) in [6, 6.07) is 5.19. The number of nitrogens with zero attached hydrogens (tertiary/aromatic N) is 1. The Labute approximate surface area is 134 Å². The van der Waals surface area contributed by atoms with Crippen LogP contribution in [0.4, 0.5) is 4.39 Å². The lowest BCUT2D eigenvalue weighted by Crippen LogP contribution is -2.39. The number of carbonyl (C=O) groups is 2. The second-order valence-corrected chi connectivity index (χ2v) is 5.02. The number of halogens is 1. The zero-order chi connectivity index (χ0) is 17.2. The van der Waals surface area contributed by atoms with E-state index >= 15 is 0 Å². The molecule has 1 aromatic carbocycles. The molecule has 1 rings (SSSR count). The summed E-state index contributed by atoms with van der Waals surface area (Å²) in [7, 11) is 1.29. The van der Waals surface area contributed by atoms with Gasteiger partial charge in [0.05, 0.1) is 32.8 Å². The first kappa shape index (κ1) is 19.1. The molecule has 0 fully saturated rings. The molecular formula is C16H22FNO5. The summed E-state index contributed by atoms with van der Waals surface area (Å²) in [5.74, 6) is -1.67. The van der Waals surface area contributed by atoms with E-state index < -0.39 is 17.7 Å². The van der Waals surface area contributed by atoms with Gasteiger partial charge in [-0.25, -0.2) is 4.39 Å². The standard InChI is InChI=1S/C16H22FNO5/c1-12(16(21)22-2)11-18(7-9-23-10-8-19)15(20)13-3-5-14(17)6-4-13/h3-6,12,19H,7-11H2,1-2H3. The summed E-state index contributed by atoms with van der Waals surface area (Å²) in [5, 5.41) is 8.69. The predicted molar refractivity (Wildman–Crippen MR) is 81.4 cm³/mol. The molecule has 0 bridgehead atoms. The Morgan fingerprint density at radius 3 is 2.48 bits per heavy atom. The Balaban J connectivity index is 2.77. The van der Waals surface area contributed by atoms with E-state index in [2.05, 4.69) is 4.74 Å². The number of hydrogen-bond donors (Lipinski definition) is 1. The van der Waals surface area contributed by atoms with E-state index in [0.29, 0.717) is 5.56 Å². The summed E-state index contributed by atoms with van der Waals surface area (Å²) in [6.45, 7) is 2.35. The Hall–Kier alpha value is -1.99. The van der Waals surface area contributed by atoms with Crippen LogP contribution in [0.1, 0.15) is 17.3 Å². The van der Waals surface area contributed by atoms with E-state index in [1.165, 1.54) is 36.3 Å². The van der Waals surface area contributed by atoms with Gasteiger partial charge in [-0.3, -0.25) is 9.59 Å². The number of esters is 1. The Bertz CT molecular complexity index is 506. The number of rotatable bonds is 9. The van der Waals surface area contributed by atoms with Crippen molar-refractivity contribution in [3.05, 3.63) is 35.6 Å². The highest BCUT2D eigenvalue weighted by Crippen LogP contribution is 2.10. The number of hydrogen-bond acceptors (Lipinski definition) is 5. The maximum atomic E-state index is 13.0. The van der Waals surface area contributed by atoms with Gasteiger partial charge in [0.1, 0.15) is 5.82 Å². The smallest absolute Gasteiger partial charge is 0.310 e. The lowest BCUT2D eigenvalue weighted by Gasteiger charge is -2.25. The minimum absolute atomic E-state index is 0.107. The van der Waals surface area contributed by atoms with Gasteiger partial charge < -0.3 is 19.5 Å². The third kappa shape index (κ3) is 6.33. The fourth-order valence-electron chi connectivity index (χ4n) is 2.00. The van der Waals surface area contributed by atoms with E-state index in [1.54, 1.807) is 6.92 Å². The third-order valence-electron chi connectivity index (χ3n) is 3.22. The fourth-order valence-corrected chi connectivity index (χ4v) is 2.00. The summed E-state index contributed by atoms with van der Waals surface area (Å²) < 4.78 is 22.8. The van der Waals surface area contributed by atoms with E-state index in [0.717, 1.165) is 0 Å². The van der Waals surface area contributed by atoms with Gasteiger partial charge in [-0.15, -0.1) is 0 Å². The van der Waals surface area contributed by atoms with Gasteiger partial charge in [-0.05, 0) is 24.3 Å². The van der Waals surface area contributed by atoms with Gasteiger partial charge in [0.25, 0.3) is 5.91 Å². The second-order valence-electron chi connectivity index (χ2n) is 5.02. The van der Waals surface area contributed by atoms with Crippen LogP contribution in [0.5, 0.6) is 0 Å². The number of carbonyl (C=O) groups excluding carboxylic acids is 2. The van der Waals surface area contributed by atoms with Crippen molar-refractivity contribution in [1.82, 2.24) is 4.90 Å². The number of aliphatic hydroxyl groups excluding tert-OH is 1. The molecule has 0 aliphatic carbocycles. The molecule has 1 atom stereocenters. The lowest BCUT2D eigenvalue weighted by atomic mass is 10.1. The SMILES string of the molecule is COC(=O)C(C)CN(CCOCCO)C(=O)c1ccc(F)cc1. The summed E-state index contributed by atoms with van der Waals surface area (Å²) in [4.78, 5) is 25.5. The molecule has 6 nitrogen and oxygen atoms in total. The molecule has 1 N–H and O–H groups in total. The highest BCUT2D eigenvalue weighted by molar-refractivity contribution is 5.94. The first-order chi connectivity index (χ1) is 11.0. The second kappa shape index (κ2) is 9.91. The zero-order valence-corrected chi connectivity index (χ0v) is 13.3. The van der Waals surface area contributed by atoms with E-state index in [-0.39, 0.29) is 38.8 Å². The van der Waals surface area contributed by atoms with Crippen molar-refractivity contribution in [1.29, 1.82) is 0 Å². The van der Waals surface area contributed by atoms with E-state index in [1.807, 2.05) is 0 Å². The maximum absolute atomic E-state index is 13.0. The lowest BCUT2D eigenvalue weighted by molar-refractivity contribution is -0.145. The van der Waals surface area contributed by atoms with Crippen LogP contribution in [0.3, 0.4) is 0 Å². The summed E-state index contributed by atoms with van der Waals surface area (Å²) in [5.41, 5.74) is 0.325. The molecular weight excluding hydrogens is 305 g/mol. The first-order valence-electron chi connectivity index (χ1n) is 7.30. The van der Waals surface area contributed by atoms with E-state index in [4.69, 9.17) is 9.84 Å². The molecule has 0 radical (unpaired) electrons. The van der Waals surface area contributed by atoms with Crippen LogP contribution in [-0.4, -0.2) is 61.9 Å². The molecule has 128 valence electrons. The number of methoxy groups -OCH3 is 1. The van der Waals surface area contributed by atoms with Crippen molar-refractivity contribution in [2.24, 2.45) is 5.92 Å². The van der Waals surface area contributed by atoms with Crippen molar-refractivity contribution in [2.75, 3.05) is 40.0 Å². The maximum Gasteiger partial charge on any atom is 0.310 e. The van der Waals surface area contributed by atoms with Crippen molar-refractivity contribution in [3.63, 3.8) is 0 Å². The van der Waals surface area contributed by atoms with Gasteiger partial charge in [0.15, 0.2) is 0 Å². The molecule has 0 saturated carbocycles. The topological polar surface area (TPSA) is 76.1 Å². The Kier molecular flexibility index (Phi) is 8.21. The number of amides is 1. The largest absolute Gasteiger partial charge is 0.469 e. The molecule has 0 aliphatic rings. The average molecular weight is 327 g/mol. The van der Waals surface area contributed by atoms with Crippen LogP contribution >= 0.6 is 0 Å². The molecule has 1 aromatic rings. The molecule has 23 heavy (non-hydrogen) atoms. The predicted octanol–water partition coefficient (Wildman–Crippen LogP) is 1.09. The quantitative estimate of drug-likeness (QED) is 0.543. The van der Waals surface area contributed by atoms with Crippen molar-refractivity contribution in [3.8, 4) is 0 Å². The van der Waals surface area contributed by atoms with E-state index in [9.17, 15) is 14.0 Å². The molecule has 0 aromatic heterocycles. The minimum atomic E-state index is -0.498. The van der Waals surface area contributed by atoms with Crippen molar-refractivity contribution >= 4 is 11.9 Å². The summed E-state index contributed by atoms with van der Waals surface area (Å²) >= 11 is 0. The normalized spacial score (nSPS) is 11.8. The van der Waals surface area contributed by atoms with Gasteiger partial charge in [-0.1, -0.05) is 6.92 Å².